The number of carbonyl (C=O) groups is 1. The van der Waals surface area contributed by atoms with Crippen molar-refractivity contribution in [2.24, 2.45) is 0 Å². The van der Waals surface area contributed by atoms with Crippen molar-refractivity contribution in [2.45, 2.75) is 13.3 Å². The normalized spacial score (nSPS) is 10.1. The Labute approximate surface area is 120 Å². The Morgan fingerprint density at radius 3 is 2.76 bits per heavy atom. The first-order chi connectivity index (χ1) is 10.0. The molecule has 21 heavy (non-hydrogen) atoms. The molecule has 7 nitrogen and oxygen atoms in total. The van der Waals surface area contributed by atoms with Crippen molar-refractivity contribution >= 4 is 11.7 Å². The van der Waals surface area contributed by atoms with E-state index in [1.165, 1.54) is 30.5 Å². The highest BCUT2D eigenvalue weighted by molar-refractivity contribution is 5.87. The minimum absolute atomic E-state index is 0.00664. The first-order valence-corrected chi connectivity index (χ1v) is 6.15. The van der Waals surface area contributed by atoms with Gasteiger partial charge >= 0.3 is 11.7 Å². The molecule has 0 aliphatic carbocycles. The van der Waals surface area contributed by atoms with Gasteiger partial charge in [0, 0.05) is 18.3 Å². The molecule has 2 aromatic rings. The molecular formula is C14H12N2O5. The van der Waals surface area contributed by atoms with Crippen molar-refractivity contribution in [3.8, 4) is 11.6 Å². The number of nitrogens with zero attached hydrogens (tertiary/aromatic N) is 2. The van der Waals surface area contributed by atoms with Crippen LogP contribution in [0.25, 0.3) is 0 Å². The van der Waals surface area contributed by atoms with Crippen LogP contribution in [0.3, 0.4) is 0 Å². The van der Waals surface area contributed by atoms with Crippen molar-refractivity contribution < 1.29 is 19.6 Å². The molecule has 0 aliphatic heterocycles. The summed E-state index contributed by atoms with van der Waals surface area (Å²) >= 11 is 0. The molecule has 1 aromatic carbocycles. The number of benzene rings is 1. The molecule has 108 valence electrons. The monoisotopic (exact) mass is 288 g/mol. The lowest BCUT2D eigenvalue weighted by molar-refractivity contribution is -0.385. The molecule has 0 radical (unpaired) electrons. The van der Waals surface area contributed by atoms with Crippen molar-refractivity contribution in [1.29, 1.82) is 0 Å². The molecule has 0 spiro atoms. The molecule has 7 heteroatoms. The van der Waals surface area contributed by atoms with Gasteiger partial charge in [-0.25, -0.2) is 9.78 Å². The van der Waals surface area contributed by atoms with Gasteiger partial charge in [-0.1, -0.05) is 13.0 Å². The summed E-state index contributed by atoms with van der Waals surface area (Å²) in [5, 5.41) is 20.0. The molecule has 2 rings (SSSR count). The molecule has 0 aliphatic rings. The van der Waals surface area contributed by atoms with Crippen LogP contribution < -0.4 is 4.74 Å². The number of hydrogen-bond acceptors (Lipinski definition) is 5. The summed E-state index contributed by atoms with van der Waals surface area (Å²) in [4.78, 5) is 25.2. The third-order valence-corrected chi connectivity index (χ3v) is 2.82. The van der Waals surface area contributed by atoms with Gasteiger partial charge in [0.15, 0.2) is 0 Å². The van der Waals surface area contributed by atoms with Gasteiger partial charge in [-0.3, -0.25) is 10.1 Å². The van der Waals surface area contributed by atoms with Gasteiger partial charge < -0.3 is 9.84 Å². The summed E-state index contributed by atoms with van der Waals surface area (Å²) in [6.07, 6.45) is 1.93. The van der Waals surface area contributed by atoms with Crippen molar-refractivity contribution in [1.82, 2.24) is 4.98 Å². The standard InChI is InChI=1S/C14H12N2O5/c1-2-9-3-4-12(11(7-9)16(19)20)21-13-8-10(14(17)18)5-6-15-13/h3-8H,2H2,1H3,(H,17,18). The predicted octanol–water partition coefficient (Wildman–Crippen LogP) is 3.04. The Bertz CT molecular complexity index is 700. The molecular weight excluding hydrogens is 276 g/mol. The zero-order valence-corrected chi connectivity index (χ0v) is 11.1. The lowest BCUT2D eigenvalue weighted by atomic mass is 10.1. The molecule has 1 aromatic heterocycles. The Hall–Kier alpha value is -2.96. The number of hydrogen-bond donors (Lipinski definition) is 1. The Morgan fingerprint density at radius 1 is 1.38 bits per heavy atom. The van der Waals surface area contributed by atoms with Gasteiger partial charge in [-0.05, 0) is 24.1 Å². The van der Waals surface area contributed by atoms with Crippen LogP contribution in [0.15, 0.2) is 36.5 Å². The average molecular weight is 288 g/mol. The molecule has 0 saturated carbocycles. The van der Waals surface area contributed by atoms with E-state index >= 15 is 0 Å². The third kappa shape index (κ3) is 3.33. The second kappa shape index (κ2) is 6.00. The van der Waals surface area contributed by atoms with E-state index in [1.54, 1.807) is 6.07 Å². The number of rotatable bonds is 5. The molecule has 0 saturated heterocycles. The maximum atomic E-state index is 11.1. The first kappa shape index (κ1) is 14.4. The number of carboxylic acids is 1. The fourth-order valence-corrected chi connectivity index (χ4v) is 1.72. The molecule has 0 unspecified atom stereocenters. The maximum absolute atomic E-state index is 11.1. The predicted molar refractivity (Wildman–Crippen MR) is 73.7 cm³/mol. The zero-order valence-electron chi connectivity index (χ0n) is 11.1. The van der Waals surface area contributed by atoms with Crippen LogP contribution in [-0.4, -0.2) is 21.0 Å². The van der Waals surface area contributed by atoms with E-state index in [9.17, 15) is 14.9 Å². The van der Waals surface area contributed by atoms with Crippen molar-refractivity contribution in [3.63, 3.8) is 0 Å². The second-order valence-electron chi connectivity index (χ2n) is 4.20. The number of nitro groups is 1. The molecule has 1 heterocycles. The van der Waals surface area contributed by atoms with E-state index in [4.69, 9.17) is 9.84 Å². The van der Waals surface area contributed by atoms with Crippen LogP contribution in [0.4, 0.5) is 5.69 Å². The molecule has 0 amide bonds. The second-order valence-corrected chi connectivity index (χ2v) is 4.20. The minimum atomic E-state index is -1.13. The highest BCUT2D eigenvalue weighted by Gasteiger charge is 2.17. The maximum Gasteiger partial charge on any atom is 0.335 e. The van der Waals surface area contributed by atoms with Gasteiger partial charge in [-0.2, -0.15) is 0 Å². The average Bonchev–Trinajstić information content (AvgIpc) is 2.47. The van der Waals surface area contributed by atoms with E-state index < -0.39 is 10.9 Å². The highest BCUT2D eigenvalue weighted by Crippen LogP contribution is 2.31. The highest BCUT2D eigenvalue weighted by atomic mass is 16.6. The quantitative estimate of drug-likeness (QED) is 0.670. The van der Waals surface area contributed by atoms with Crippen LogP contribution in [0.2, 0.25) is 0 Å². The Kier molecular flexibility index (Phi) is 4.13. The molecule has 0 atom stereocenters. The molecule has 0 fully saturated rings. The third-order valence-electron chi connectivity index (χ3n) is 2.82. The van der Waals surface area contributed by atoms with E-state index in [0.29, 0.717) is 6.42 Å². The Morgan fingerprint density at radius 2 is 2.14 bits per heavy atom. The summed E-state index contributed by atoms with van der Waals surface area (Å²) in [7, 11) is 0. The smallest absolute Gasteiger partial charge is 0.335 e. The number of ether oxygens (including phenoxy) is 1. The van der Waals surface area contributed by atoms with Gasteiger partial charge in [-0.15, -0.1) is 0 Å². The van der Waals surface area contributed by atoms with Crippen LogP contribution >= 0.6 is 0 Å². The lowest BCUT2D eigenvalue weighted by Crippen LogP contribution is -1.99. The number of aromatic nitrogens is 1. The van der Waals surface area contributed by atoms with Crippen LogP contribution in [0.1, 0.15) is 22.8 Å². The molecule has 1 N–H and O–H groups in total. The topological polar surface area (TPSA) is 103 Å². The van der Waals surface area contributed by atoms with Crippen molar-refractivity contribution in [3.05, 3.63) is 57.8 Å². The largest absolute Gasteiger partial charge is 0.478 e. The van der Waals surface area contributed by atoms with E-state index in [0.717, 1.165) is 5.56 Å². The van der Waals surface area contributed by atoms with Crippen LogP contribution in [0, 0.1) is 10.1 Å². The van der Waals surface area contributed by atoms with Gasteiger partial charge in [0.25, 0.3) is 0 Å². The van der Waals surface area contributed by atoms with Crippen molar-refractivity contribution in [2.75, 3.05) is 0 Å². The van der Waals surface area contributed by atoms with Crippen LogP contribution in [0.5, 0.6) is 11.6 Å². The van der Waals surface area contributed by atoms with Gasteiger partial charge in [0.2, 0.25) is 11.6 Å². The van der Waals surface area contributed by atoms with Gasteiger partial charge in [0.05, 0.1) is 10.5 Å². The number of pyridine rings is 1. The number of carboxylic acid groups (broad SMARTS) is 1. The Balaban J connectivity index is 2.37. The summed E-state index contributed by atoms with van der Waals surface area (Å²) in [6, 6.07) is 7.13. The van der Waals surface area contributed by atoms with Gasteiger partial charge in [0.1, 0.15) is 0 Å². The number of nitro benzene ring substituents is 1. The fraction of sp³-hybridized carbons (Fsp3) is 0.143. The van der Waals surface area contributed by atoms with E-state index in [2.05, 4.69) is 4.98 Å². The summed E-state index contributed by atoms with van der Waals surface area (Å²) in [5.41, 5.74) is 0.617. The first-order valence-electron chi connectivity index (χ1n) is 6.15. The summed E-state index contributed by atoms with van der Waals surface area (Å²) < 4.78 is 5.35. The number of aryl methyl sites for hydroxylation is 1. The SMILES string of the molecule is CCc1ccc(Oc2cc(C(=O)O)ccn2)c([N+](=O)[O-])c1. The fourth-order valence-electron chi connectivity index (χ4n) is 1.72. The number of aromatic carboxylic acids is 1. The lowest BCUT2D eigenvalue weighted by Gasteiger charge is -2.07. The van der Waals surface area contributed by atoms with E-state index in [-0.39, 0.29) is 22.9 Å². The molecule has 0 bridgehead atoms. The van der Waals surface area contributed by atoms with Crippen LogP contribution in [-0.2, 0) is 6.42 Å². The van der Waals surface area contributed by atoms with E-state index in [1.807, 2.05) is 6.92 Å². The summed E-state index contributed by atoms with van der Waals surface area (Å²) in [5.74, 6) is -1.12. The zero-order chi connectivity index (χ0) is 15.4. The summed E-state index contributed by atoms with van der Waals surface area (Å²) in [6.45, 7) is 1.89. The minimum Gasteiger partial charge on any atom is -0.478 e.